The Balaban J connectivity index is 2.86. The van der Waals surface area contributed by atoms with E-state index in [1.165, 1.54) is 16.7 Å². The van der Waals surface area contributed by atoms with Crippen molar-refractivity contribution >= 4 is 11.8 Å². The topological polar surface area (TPSA) is 12.0 Å². The van der Waals surface area contributed by atoms with E-state index in [0.29, 0.717) is 10.8 Å². The van der Waals surface area contributed by atoms with Gasteiger partial charge in [0.25, 0.3) is 0 Å². The number of rotatable bonds is 5. The Morgan fingerprint density at radius 3 is 2.44 bits per heavy atom. The van der Waals surface area contributed by atoms with E-state index in [0.717, 1.165) is 12.3 Å². The van der Waals surface area contributed by atoms with Gasteiger partial charge in [0, 0.05) is 16.5 Å². The van der Waals surface area contributed by atoms with E-state index in [4.69, 9.17) is 0 Å². The van der Waals surface area contributed by atoms with Crippen LogP contribution in [0.5, 0.6) is 0 Å². The predicted octanol–water partition coefficient (Wildman–Crippen LogP) is 4.49. The third-order valence-electron chi connectivity index (χ3n) is 2.94. The van der Waals surface area contributed by atoms with E-state index < -0.39 is 0 Å². The highest BCUT2D eigenvalue weighted by molar-refractivity contribution is 8.00. The first-order valence-electron chi connectivity index (χ1n) is 6.78. The predicted molar refractivity (Wildman–Crippen MR) is 84.5 cm³/mol. The van der Waals surface area contributed by atoms with Crippen LogP contribution in [0.2, 0.25) is 0 Å². The van der Waals surface area contributed by atoms with Gasteiger partial charge in [-0.05, 0) is 31.5 Å². The molecule has 1 nitrogen and oxygen atoms in total. The van der Waals surface area contributed by atoms with Crippen LogP contribution < -0.4 is 5.32 Å². The molecule has 1 aromatic rings. The molecule has 0 spiro atoms. The Bertz CT molecular complexity index is 379. The summed E-state index contributed by atoms with van der Waals surface area (Å²) in [5, 5.41) is 3.62. The molecule has 1 rings (SSSR count). The minimum Gasteiger partial charge on any atom is -0.310 e. The zero-order chi connectivity index (χ0) is 13.8. The minimum atomic E-state index is 0.325. The molecule has 0 radical (unpaired) electrons. The third kappa shape index (κ3) is 5.03. The lowest BCUT2D eigenvalue weighted by Gasteiger charge is -2.25. The van der Waals surface area contributed by atoms with Crippen molar-refractivity contribution in [3.05, 3.63) is 34.9 Å². The average molecular weight is 265 g/mol. The summed E-state index contributed by atoms with van der Waals surface area (Å²) >= 11 is 2.03. The van der Waals surface area contributed by atoms with Crippen LogP contribution in [-0.4, -0.2) is 17.0 Å². The summed E-state index contributed by atoms with van der Waals surface area (Å²) in [6, 6.07) is 7.21. The van der Waals surface area contributed by atoms with Gasteiger partial charge in [-0.1, -0.05) is 51.5 Å². The van der Waals surface area contributed by atoms with E-state index >= 15 is 0 Å². The molecule has 0 aliphatic carbocycles. The molecule has 102 valence electrons. The molecule has 18 heavy (non-hydrogen) atoms. The normalized spacial score (nSPS) is 13.7. The highest BCUT2D eigenvalue weighted by Crippen LogP contribution is 2.29. The van der Waals surface area contributed by atoms with E-state index in [9.17, 15) is 0 Å². The number of hydrogen-bond acceptors (Lipinski definition) is 2. The number of benzene rings is 1. The molecule has 0 saturated carbocycles. The molecule has 0 aliphatic rings. The smallest absolute Gasteiger partial charge is 0.0414 e. The number of thioether (sulfide) groups is 1. The maximum atomic E-state index is 3.62. The van der Waals surface area contributed by atoms with Crippen LogP contribution in [0.1, 0.15) is 50.4 Å². The Morgan fingerprint density at radius 2 is 1.89 bits per heavy atom. The van der Waals surface area contributed by atoms with Crippen molar-refractivity contribution in [2.75, 3.05) is 12.3 Å². The van der Waals surface area contributed by atoms with E-state index in [1.54, 1.807) is 0 Å². The molecule has 1 atom stereocenters. The van der Waals surface area contributed by atoms with Gasteiger partial charge >= 0.3 is 0 Å². The van der Waals surface area contributed by atoms with Crippen molar-refractivity contribution < 1.29 is 0 Å². The minimum absolute atomic E-state index is 0.325. The first-order chi connectivity index (χ1) is 8.33. The van der Waals surface area contributed by atoms with Gasteiger partial charge in [0.05, 0.1) is 0 Å². The fraction of sp³-hybridized carbons (Fsp3) is 0.625. The molecule has 1 aromatic carbocycles. The van der Waals surface area contributed by atoms with Crippen LogP contribution in [0.4, 0.5) is 0 Å². The van der Waals surface area contributed by atoms with Crippen molar-refractivity contribution in [1.29, 1.82) is 0 Å². The molecule has 1 N–H and O–H groups in total. The summed E-state index contributed by atoms with van der Waals surface area (Å²) in [6.45, 7) is 14.4. The zero-order valence-electron chi connectivity index (χ0n) is 12.6. The number of aryl methyl sites for hydroxylation is 2. The van der Waals surface area contributed by atoms with Gasteiger partial charge in [0.2, 0.25) is 0 Å². The lowest BCUT2D eigenvalue weighted by molar-refractivity contribution is 0.600. The van der Waals surface area contributed by atoms with E-state index in [1.807, 2.05) is 11.8 Å². The van der Waals surface area contributed by atoms with Gasteiger partial charge in [-0.2, -0.15) is 11.8 Å². The van der Waals surface area contributed by atoms with Crippen LogP contribution in [0.3, 0.4) is 0 Å². The van der Waals surface area contributed by atoms with E-state index in [-0.39, 0.29) is 0 Å². The number of nitrogens with one attached hydrogen (secondary N) is 1. The quantitative estimate of drug-likeness (QED) is 0.842. The van der Waals surface area contributed by atoms with Crippen LogP contribution in [0, 0.1) is 13.8 Å². The van der Waals surface area contributed by atoms with Crippen molar-refractivity contribution in [2.24, 2.45) is 0 Å². The monoisotopic (exact) mass is 265 g/mol. The third-order valence-corrected chi connectivity index (χ3v) is 4.31. The van der Waals surface area contributed by atoms with Gasteiger partial charge in [0.1, 0.15) is 0 Å². The van der Waals surface area contributed by atoms with Crippen LogP contribution in [0.25, 0.3) is 0 Å². The summed E-state index contributed by atoms with van der Waals surface area (Å²) in [5.41, 5.74) is 4.19. The second kappa shape index (κ2) is 6.63. The molecule has 0 aromatic heterocycles. The molecule has 2 heteroatoms. The summed E-state index contributed by atoms with van der Waals surface area (Å²) in [4.78, 5) is 0. The van der Waals surface area contributed by atoms with E-state index in [2.05, 4.69) is 65.1 Å². The first kappa shape index (κ1) is 15.6. The molecular weight excluding hydrogens is 238 g/mol. The first-order valence-corrected chi connectivity index (χ1v) is 7.76. The summed E-state index contributed by atoms with van der Waals surface area (Å²) in [5.74, 6) is 1.13. The van der Waals surface area contributed by atoms with Gasteiger partial charge in [-0.15, -0.1) is 0 Å². The Morgan fingerprint density at radius 1 is 1.22 bits per heavy atom. The van der Waals surface area contributed by atoms with Crippen molar-refractivity contribution in [2.45, 2.75) is 52.3 Å². The number of hydrogen-bond donors (Lipinski definition) is 1. The zero-order valence-corrected chi connectivity index (χ0v) is 13.4. The summed E-state index contributed by atoms with van der Waals surface area (Å²) < 4.78 is 0.325. The van der Waals surface area contributed by atoms with Crippen molar-refractivity contribution in [1.82, 2.24) is 5.32 Å². The summed E-state index contributed by atoms with van der Waals surface area (Å²) in [6.07, 6.45) is 0. The molecule has 0 amide bonds. The standard InChI is InChI=1S/C16H27NS/c1-7-17-15(11-18-16(4,5)6)14-10-12(2)8-9-13(14)3/h8-10,15,17H,7,11H2,1-6H3. The van der Waals surface area contributed by atoms with Gasteiger partial charge in [-0.3, -0.25) is 0 Å². The molecular formula is C16H27NS. The molecule has 1 unspecified atom stereocenters. The highest BCUT2D eigenvalue weighted by Gasteiger charge is 2.17. The average Bonchev–Trinajstić information content (AvgIpc) is 2.26. The van der Waals surface area contributed by atoms with Crippen LogP contribution >= 0.6 is 11.8 Å². The lowest BCUT2D eigenvalue weighted by Crippen LogP contribution is -2.25. The van der Waals surface area contributed by atoms with Crippen LogP contribution in [-0.2, 0) is 0 Å². The molecule has 0 bridgehead atoms. The Labute approximate surface area is 117 Å². The Kier molecular flexibility index (Phi) is 5.74. The van der Waals surface area contributed by atoms with Crippen LogP contribution in [0.15, 0.2) is 18.2 Å². The van der Waals surface area contributed by atoms with Gasteiger partial charge in [-0.25, -0.2) is 0 Å². The summed E-state index contributed by atoms with van der Waals surface area (Å²) in [7, 11) is 0. The van der Waals surface area contributed by atoms with Gasteiger partial charge < -0.3 is 5.32 Å². The largest absolute Gasteiger partial charge is 0.310 e. The maximum Gasteiger partial charge on any atom is 0.0414 e. The second-order valence-corrected chi connectivity index (χ2v) is 7.74. The SMILES string of the molecule is CCNC(CSC(C)(C)C)c1cc(C)ccc1C. The highest BCUT2D eigenvalue weighted by atomic mass is 32.2. The maximum absolute atomic E-state index is 3.62. The lowest BCUT2D eigenvalue weighted by atomic mass is 10.00. The molecule has 0 heterocycles. The fourth-order valence-electron chi connectivity index (χ4n) is 1.97. The van der Waals surface area contributed by atoms with Crippen molar-refractivity contribution in [3.8, 4) is 0 Å². The van der Waals surface area contributed by atoms with Crippen molar-refractivity contribution in [3.63, 3.8) is 0 Å². The molecule has 0 saturated heterocycles. The molecule has 0 aliphatic heterocycles. The van der Waals surface area contributed by atoms with Gasteiger partial charge in [0.15, 0.2) is 0 Å². The second-order valence-electron chi connectivity index (χ2n) is 5.89. The molecule has 0 fully saturated rings. The Hall–Kier alpha value is -0.470. The fourth-order valence-corrected chi connectivity index (χ4v) is 2.94.